The number of amides is 2. The predicted octanol–water partition coefficient (Wildman–Crippen LogP) is 4.11. The first kappa shape index (κ1) is 15.2. The van der Waals surface area contributed by atoms with Gasteiger partial charge in [0.15, 0.2) is 0 Å². The summed E-state index contributed by atoms with van der Waals surface area (Å²) in [5.41, 5.74) is 1.23. The van der Waals surface area contributed by atoms with E-state index in [2.05, 4.69) is 26.6 Å². The van der Waals surface area contributed by atoms with E-state index in [-0.39, 0.29) is 6.03 Å². The average molecular weight is 351 g/mol. The van der Waals surface area contributed by atoms with Gasteiger partial charge in [0.25, 0.3) is 0 Å². The van der Waals surface area contributed by atoms with Crippen molar-refractivity contribution in [3.63, 3.8) is 0 Å². The summed E-state index contributed by atoms with van der Waals surface area (Å²) < 4.78 is 11.2. The first-order valence-electron chi connectivity index (χ1n) is 6.18. The van der Waals surface area contributed by atoms with Crippen molar-refractivity contribution in [2.24, 2.45) is 0 Å². The standard InChI is InChI=1S/C15H15BrN2O3/c1-20-13-9-12(14(21-2)8-11(13)16)18-15(19)17-10-6-4-3-5-7-10/h3-9H,1-2H3,(H2,17,18,19). The van der Waals surface area contributed by atoms with Gasteiger partial charge in [-0.05, 0) is 28.1 Å². The molecule has 0 atom stereocenters. The van der Waals surface area contributed by atoms with Gasteiger partial charge in [0.1, 0.15) is 11.5 Å². The Hall–Kier alpha value is -2.21. The topological polar surface area (TPSA) is 59.6 Å². The summed E-state index contributed by atoms with van der Waals surface area (Å²) in [5.74, 6) is 1.14. The Labute approximate surface area is 131 Å². The van der Waals surface area contributed by atoms with Crippen LogP contribution in [-0.4, -0.2) is 20.3 Å². The van der Waals surface area contributed by atoms with Crippen LogP contribution in [0, 0.1) is 0 Å². The van der Waals surface area contributed by atoms with Crippen LogP contribution in [0.15, 0.2) is 46.9 Å². The lowest BCUT2D eigenvalue weighted by Crippen LogP contribution is -2.19. The fourth-order valence-corrected chi connectivity index (χ4v) is 2.25. The number of rotatable bonds is 4. The molecule has 0 spiro atoms. The van der Waals surface area contributed by atoms with Crippen LogP contribution in [0.4, 0.5) is 16.2 Å². The molecule has 0 bridgehead atoms. The van der Waals surface area contributed by atoms with Gasteiger partial charge >= 0.3 is 6.03 Å². The Balaban J connectivity index is 2.16. The zero-order chi connectivity index (χ0) is 15.2. The van der Waals surface area contributed by atoms with Crippen LogP contribution in [0.5, 0.6) is 11.5 Å². The smallest absolute Gasteiger partial charge is 0.323 e. The molecular formula is C15H15BrN2O3. The molecule has 0 aromatic heterocycles. The SMILES string of the molecule is COc1cc(NC(=O)Nc2ccccc2)c(OC)cc1Br. The van der Waals surface area contributed by atoms with Gasteiger partial charge in [-0.15, -0.1) is 0 Å². The molecule has 2 aromatic rings. The third-order valence-corrected chi connectivity index (χ3v) is 3.37. The predicted molar refractivity (Wildman–Crippen MR) is 86.3 cm³/mol. The van der Waals surface area contributed by atoms with E-state index in [4.69, 9.17) is 9.47 Å². The normalized spacial score (nSPS) is 9.86. The summed E-state index contributed by atoms with van der Waals surface area (Å²) >= 11 is 3.37. The molecule has 6 heteroatoms. The van der Waals surface area contributed by atoms with Crippen LogP contribution in [0.3, 0.4) is 0 Å². The van der Waals surface area contributed by atoms with Crippen LogP contribution in [0.2, 0.25) is 0 Å². The molecule has 0 aliphatic heterocycles. The lowest BCUT2D eigenvalue weighted by molar-refractivity contribution is 0.262. The number of benzene rings is 2. The second kappa shape index (κ2) is 6.99. The van der Waals surface area contributed by atoms with Crippen LogP contribution in [-0.2, 0) is 0 Å². The van der Waals surface area contributed by atoms with Gasteiger partial charge in [-0.1, -0.05) is 18.2 Å². The number of hydrogen-bond acceptors (Lipinski definition) is 3. The number of hydrogen-bond donors (Lipinski definition) is 2. The highest BCUT2D eigenvalue weighted by atomic mass is 79.9. The van der Waals surface area contributed by atoms with Gasteiger partial charge in [-0.25, -0.2) is 4.79 Å². The van der Waals surface area contributed by atoms with Crippen molar-refractivity contribution in [3.8, 4) is 11.5 Å². The average Bonchev–Trinajstić information content (AvgIpc) is 2.49. The summed E-state index contributed by atoms with van der Waals surface area (Å²) in [6.45, 7) is 0. The number of methoxy groups -OCH3 is 2. The van der Waals surface area contributed by atoms with E-state index in [1.807, 2.05) is 18.2 Å². The van der Waals surface area contributed by atoms with E-state index in [0.29, 0.717) is 22.9 Å². The van der Waals surface area contributed by atoms with E-state index in [1.165, 1.54) is 7.11 Å². The number of urea groups is 1. The fraction of sp³-hybridized carbons (Fsp3) is 0.133. The molecule has 21 heavy (non-hydrogen) atoms. The maximum absolute atomic E-state index is 12.0. The Morgan fingerprint density at radius 3 is 2.29 bits per heavy atom. The monoisotopic (exact) mass is 350 g/mol. The van der Waals surface area contributed by atoms with Crippen molar-refractivity contribution in [2.45, 2.75) is 0 Å². The Morgan fingerprint density at radius 1 is 1.00 bits per heavy atom. The number of carbonyl (C=O) groups excluding carboxylic acids is 1. The number of halogens is 1. The second-order valence-electron chi connectivity index (χ2n) is 4.13. The summed E-state index contributed by atoms with van der Waals surface area (Å²) in [7, 11) is 3.09. The van der Waals surface area contributed by atoms with Crippen LogP contribution in [0.25, 0.3) is 0 Å². The van der Waals surface area contributed by atoms with E-state index < -0.39 is 0 Å². The largest absolute Gasteiger partial charge is 0.495 e. The van der Waals surface area contributed by atoms with Crippen LogP contribution < -0.4 is 20.1 Å². The molecule has 0 fully saturated rings. The molecular weight excluding hydrogens is 336 g/mol. The molecule has 2 N–H and O–H groups in total. The maximum Gasteiger partial charge on any atom is 0.323 e. The first-order valence-corrected chi connectivity index (χ1v) is 6.98. The molecule has 0 aliphatic carbocycles. The number of ether oxygens (including phenoxy) is 2. The van der Waals surface area contributed by atoms with Gasteiger partial charge in [0.2, 0.25) is 0 Å². The zero-order valence-electron chi connectivity index (χ0n) is 11.6. The molecule has 0 radical (unpaired) electrons. The summed E-state index contributed by atoms with van der Waals surface area (Å²) in [4.78, 5) is 12.0. The molecule has 0 saturated heterocycles. The van der Waals surface area contributed by atoms with Crippen LogP contribution >= 0.6 is 15.9 Å². The van der Waals surface area contributed by atoms with Gasteiger partial charge in [-0.2, -0.15) is 0 Å². The van der Waals surface area contributed by atoms with Crippen molar-refractivity contribution >= 4 is 33.3 Å². The minimum Gasteiger partial charge on any atom is -0.495 e. The van der Waals surface area contributed by atoms with E-state index in [1.54, 1.807) is 31.4 Å². The summed E-state index contributed by atoms with van der Waals surface area (Å²) in [6.07, 6.45) is 0. The van der Waals surface area contributed by atoms with Crippen molar-refractivity contribution in [3.05, 3.63) is 46.9 Å². The number of anilines is 2. The Morgan fingerprint density at radius 2 is 1.67 bits per heavy atom. The number of carbonyl (C=O) groups is 1. The molecule has 0 unspecified atom stereocenters. The highest BCUT2D eigenvalue weighted by Crippen LogP contribution is 2.36. The van der Waals surface area contributed by atoms with Gasteiger partial charge in [-0.3, -0.25) is 0 Å². The lowest BCUT2D eigenvalue weighted by Gasteiger charge is -2.13. The van der Waals surface area contributed by atoms with Gasteiger partial charge in [0.05, 0.1) is 24.4 Å². The third-order valence-electron chi connectivity index (χ3n) is 2.75. The number of para-hydroxylation sites is 1. The molecule has 2 amide bonds. The fourth-order valence-electron chi connectivity index (χ4n) is 1.76. The molecule has 2 aromatic carbocycles. The van der Waals surface area contributed by atoms with Crippen molar-refractivity contribution < 1.29 is 14.3 Å². The maximum atomic E-state index is 12.0. The third kappa shape index (κ3) is 3.88. The lowest BCUT2D eigenvalue weighted by atomic mass is 10.2. The zero-order valence-corrected chi connectivity index (χ0v) is 13.2. The number of nitrogens with one attached hydrogen (secondary N) is 2. The van der Waals surface area contributed by atoms with Gasteiger partial charge in [0, 0.05) is 17.8 Å². The molecule has 0 saturated carbocycles. The minimum atomic E-state index is -0.358. The van der Waals surface area contributed by atoms with Crippen molar-refractivity contribution in [1.82, 2.24) is 0 Å². The molecule has 0 heterocycles. The summed E-state index contributed by atoms with van der Waals surface area (Å²) in [5, 5.41) is 5.47. The molecule has 2 rings (SSSR count). The second-order valence-corrected chi connectivity index (χ2v) is 4.99. The van der Waals surface area contributed by atoms with E-state index in [9.17, 15) is 4.79 Å². The highest BCUT2D eigenvalue weighted by Gasteiger charge is 2.12. The molecule has 0 aliphatic rings. The quantitative estimate of drug-likeness (QED) is 0.872. The van der Waals surface area contributed by atoms with Crippen molar-refractivity contribution in [2.75, 3.05) is 24.9 Å². The van der Waals surface area contributed by atoms with E-state index >= 15 is 0 Å². The van der Waals surface area contributed by atoms with Gasteiger partial charge < -0.3 is 20.1 Å². The van der Waals surface area contributed by atoms with E-state index in [0.717, 1.165) is 4.47 Å². The van der Waals surface area contributed by atoms with Crippen molar-refractivity contribution in [1.29, 1.82) is 0 Å². The Kier molecular flexibility index (Phi) is 5.05. The molecule has 5 nitrogen and oxygen atoms in total. The molecule has 110 valence electrons. The summed E-state index contributed by atoms with van der Waals surface area (Å²) in [6, 6.07) is 12.2. The minimum absolute atomic E-state index is 0.358. The Bertz CT molecular complexity index is 632. The van der Waals surface area contributed by atoms with Crippen LogP contribution in [0.1, 0.15) is 0 Å². The first-order chi connectivity index (χ1) is 10.1. The highest BCUT2D eigenvalue weighted by molar-refractivity contribution is 9.10.